The van der Waals surface area contributed by atoms with Gasteiger partial charge in [-0.2, -0.15) is 0 Å². The van der Waals surface area contributed by atoms with Crippen LogP contribution in [0.5, 0.6) is 0 Å². The van der Waals surface area contributed by atoms with Crippen LogP contribution in [0.25, 0.3) is 0 Å². The average molecular weight is 199 g/mol. The van der Waals surface area contributed by atoms with E-state index in [9.17, 15) is 4.79 Å². The van der Waals surface area contributed by atoms with Gasteiger partial charge in [-0.1, -0.05) is 0 Å². The molecule has 1 aliphatic carbocycles. The lowest BCUT2D eigenvalue weighted by molar-refractivity contribution is -0.143. The fraction of sp³-hybridized carbons (Fsp3) is 0.909. The van der Waals surface area contributed by atoms with E-state index in [0.29, 0.717) is 6.04 Å². The summed E-state index contributed by atoms with van der Waals surface area (Å²) >= 11 is 0. The van der Waals surface area contributed by atoms with E-state index in [1.54, 1.807) is 0 Å². The van der Waals surface area contributed by atoms with Gasteiger partial charge in [0.25, 0.3) is 0 Å². The highest BCUT2D eigenvalue weighted by molar-refractivity contribution is 5.77. The maximum atomic E-state index is 11.6. The van der Waals surface area contributed by atoms with Crippen molar-refractivity contribution in [3.63, 3.8) is 0 Å². The molecule has 1 fully saturated rings. The quantitative estimate of drug-likeness (QED) is 0.694. The Morgan fingerprint density at radius 2 is 2.00 bits per heavy atom. The summed E-state index contributed by atoms with van der Waals surface area (Å²) in [4.78, 5) is 13.5. The number of nitrogens with zero attached hydrogens (tertiary/aromatic N) is 1. The smallest absolute Gasteiger partial charge is 0.248 e. The Morgan fingerprint density at radius 3 is 2.36 bits per heavy atom. The Labute approximate surface area is 86.4 Å². The number of amides is 1. The van der Waals surface area contributed by atoms with E-state index in [4.69, 9.17) is 4.74 Å². The molecule has 0 aromatic rings. The van der Waals surface area contributed by atoms with Gasteiger partial charge in [0, 0.05) is 13.1 Å². The Hall–Kier alpha value is -0.570. The number of likely N-dealkylation sites (N-methyl/N-ethyl adjacent to an activating group) is 1. The van der Waals surface area contributed by atoms with Crippen molar-refractivity contribution < 1.29 is 9.53 Å². The fourth-order valence-electron chi connectivity index (χ4n) is 1.36. The van der Waals surface area contributed by atoms with Gasteiger partial charge in [-0.3, -0.25) is 4.79 Å². The molecule has 14 heavy (non-hydrogen) atoms. The van der Waals surface area contributed by atoms with Gasteiger partial charge in [-0.05, 0) is 40.0 Å². The molecule has 0 aliphatic heterocycles. The largest absolute Gasteiger partial charge is 0.366 e. The zero-order valence-corrected chi connectivity index (χ0v) is 9.67. The number of carbonyl (C=O) groups excluding carboxylic acids is 1. The van der Waals surface area contributed by atoms with Gasteiger partial charge in [0.05, 0.1) is 5.60 Å². The minimum atomic E-state index is -0.226. The van der Waals surface area contributed by atoms with Crippen LogP contribution >= 0.6 is 0 Å². The molecule has 0 atom stereocenters. The summed E-state index contributed by atoms with van der Waals surface area (Å²) < 4.78 is 5.44. The van der Waals surface area contributed by atoms with Gasteiger partial charge >= 0.3 is 0 Å². The predicted molar refractivity (Wildman–Crippen MR) is 56.1 cm³/mol. The number of carbonyl (C=O) groups is 1. The van der Waals surface area contributed by atoms with Gasteiger partial charge in [0.15, 0.2) is 0 Å². The van der Waals surface area contributed by atoms with Crippen molar-refractivity contribution >= 4 is 5.91 Å². The van der Waals surface area contributed by atoms with E-state index >= 15 is 0 Å². The van der Waals surface area contributed by atoms with Crippen molar-refractivity contribution in [1.29, 1.82) is 0 Å². The second-order valence-electron chi connectivity index (χ2n) is 4.99. The van der Waals surface area contributed by atoms with Crippen LogP contribution in [0, 0.1) is 0 Å². The number of ether oxygens (including phenoxy) is 1. The maximum absolute atomic E-state index is 11.6. The minimum Gasteiger partial charge on any atom is -0.366 e. The first-order valence-electron chi connectivity index (χ1n) is 5.30. The highest BCUT2D eigenvalue weighted by Gasteiger charge is 2.26. The first-order chi connectivity index (χ1) is 6.40. The van der Waals surface area contributed by atoms with E-state index in [2.05, 4.69) is 0 Å². The third-order valence-corrected chi connectivity index (χ3v) is 2.64. The molecule has 0 unspecified atom stereocenters. The topological polar surface area (TPSA) is 29.5 Å². The molecular formula is C11H21NO2. The number of hydrogen-bond donors (Lipinski definition) is 0. The molecule has 0 saturated heterocycles. The molecule has 0 bridgehead atoms. The molecule has 0 N–H and O–H groups in total. The van der Waals surface area contributed by atoms with Crippen LogP contribution in [0.2, 0.25) is 0 Å². The van der Waals surface area contributed by atoms with Gasteiger partial charge in [0.1, 0.15) is 6.61 Å². The molecule has 0 aromatic heterocycles. The van der Waals surface area contributed by atoms with Crippen LogP contribution in [-0.2, 0) is 9.53 Å². The Kier molecular flexibility index (Phi) is 3.53. The van der Waals surface area contributed by atoms with E-state index in [1.165, 1.54) is 6.42 Å². The Morgan fingerprint density at radius 1 is 1.43 bits per heavy atom. The van der Waals surface area contributed by atoms with Crippen LogP contribution in [0.1, 0.15) is 40.0 Å². The van der Waals surface area contributed by atoms with Crippen LogP contribution in [0.3, 0.4) is 0 Å². The van der Waals surface area contributed by atoms with E-state index < -0.39 is 0 Å². The fourth-order valence-corrected chi connectivity index (χ4v) is 1.36. The molecule has 1 saturated carbocycles. The van der Waals surface area contributed by atoms with E-state index in [1.807, 2.05) is 32.7 Å². The van der Waals surface area contributed by atoms with Gasteiger partial charge in [-0.15, -0.1) is 0 Å². The molecule has 1 amide bonds. The second-order valence-corrected chi connectivity index (χ2v) is 4.99. The van der Waals surface area contributed by atoms with Crippen LogP contribution in [0.4, 0.5) is 0 Å². The lowest BCUT2D eigenvalue weighted by atomic mass is 9.92. The summed E-state index contributed by atoms with van der Waals surface area (Å²) in [6.45, 7) is 6.09. The van der Waals surface area contributed by atoms with Crippen molar-refractivity contribution in [3.8, 4) is 0 Å². The summed E-state index contributed by atoms with van der Waals surface area (Å²) in [5, 5.41) is 0. The normalized spacial score (nSPS) is 17.7. The number of rotatable bonds is 3. The third-order valence-electron chi connectivity index (χ3n) is 2.64. The molecule has 3 heteroatoms. The lowest BCUT2D eigenvalue weighted by Gasteiger charge is -2.35. The van der Waals surface area contributed by atoms with E-state index in [-0.39, 0.29) is 18.1 Å². The monoisotopic (exact) mass is 199 g/mol. The Bertz CT molecular complexity index is 204. The average Bonchev–Trinajstić information content (AvgIpc) is 1.95. The first kappa shape index (κ1) is 11.5. The Balaban J connectivity index is 2.27. The predicted octanol–water partition coefficient (Wildman–Crippen LogP) is 1.81. The summed E-state index contributed by atoms with van der Waals surface area (Å²) in [5.41, 5.74) is -0.226. The molecule has 3 nitrogen and oxygen atoms in total. The highest BCUT2D eigenvalue weighted by atomic mass is 16.5. The van der Waals surface area contributed by atoms with Gasteiger partial charge in [-0.25, -0.2) is 0 Å². The standard InChI is InChI=1S/C11H21NO2/c1-11(2,3)14-8-10(13)12(4)9-6-5-7-9/h9H,5-8H2,1-4H3. The third kappa shape index (κ3) is 3.29. The summed E-state index contributed by atoms with van der Waals surface area (Å²) in [6, 6.07) is 0.464. The highest BCUT2D eigenvalue weighted by Crippen LogP contribution is 2.23. The molecular weight excluding hydrogens is 178 g/mol. The van der Waals surface area contributed by atoms with Crippen LogP contribution in [0.15, 0.2) is 0 Å². The molecule has 1 rings (SSSR count). The van der Waals surface area contributed by atoms with E-state index in [0.717, 1.165) is 12.8 Å². The van der Waals surface area contributed by atoms with Crippen LogP contribution in [-0.4, -0.2) is 36.1 Å². The van der Waals surface area contributed by atoms with Crippen molar-refractivity contribution in [2.75, 3.05) is 13.7 Å². The molecule has 1 aliphatic rings. The minimum absolute atomic E-state index is 0.102. The summed E-state index contributed by atoms with van der Waals surface area (Å²) in [5.74, 6) is 0.102. The number of hydrogen-bond acceptors (Lipinski definition) is 2. The first-order valence-corrected chi connectivity index (χ1v) is 5.30. The van der Waals surface area contributed by atoms with Crippen molar-refractivity contribution in [3.05, 3.63) is 0 Å². The molecule has 0 aromatic carbocycles. The SMILES string of the molecule is CN(C(=O)COC(C)(C)C)C1CCC1. The van der Waals surface area contributed by atoms with Crippen molar-refractivity contribution in [1.82, 2.24) is 4.90 Å². The van der Waals surface area contributed by atoms with Crippen molar-refractivity contribution in [2.45, 2.75) is 51.7 Å². The zero-order chi connectivity index (χ0) is 10.8. The van der Waals surface area contributed by atoms with Crippen molar-refractivity contribution in [2.24, 2.45) is 0 Å². The van der Waals surface area contributed by atoms with Gasteiger partial charge in [0.2, 0.25) is 5.91 Å². The molecule has 0 radical (unpaired) electrons. The molecule has 0 heterocycles. The lowest BCUT2D eigenvalue weighted by Crippen LogP contribution is -2.43. The summed E-state index contributed by atoms with van der Waals surface area (Å²) in [6.07, 6.45) is 3.55. The molecule has 82 valence electrons. The molecule has 0 spiro atoms. The zero-order valence-electron chi connectivity index (χ0n) is 9.67. The maximum Gasteiger partial charge on any atom is 0.248 e. The second kappa shape index (κ2) is 4.30. The summed E-state index contributed by atoms with van der Waals surface area (Å²) in [7, 11) is 1.87. The van der Waals surface area contributed by atoms with Crippen LogP contribution < -0.4 is 0 Å². The van der Waals surface area contributed by atoms with Gasteiger partial charge < -0.3 is 9.64 Å².